The smallest absolute Gasteiger partial charge is 0.328 e. The SMILES string of the molecule is CCOc1cc(CN2CCOCC2)cc2[nH]c(=O)c3c(c12)NCCC3.O=C(O)C=CC(=O)O. The highest BCUT2D eigenvalue weighted by atomic mass is 16.5. The summed E-state index contributed by atoms with van der Waals surface area (Å²) in [4.78, 5) is 37.0. The molecule has 1 saturated heterocycles. The van der Waals surface area contributed by atoms with Gasteiger partial charge in [0, 0.05) is 43.9 Å². The second kappa shape index (κ2) is 11.5. The number of nitrogens with one attached hydrogen (secondary N) is 2. The lowest BCUT2D eigenvalue weighted by Crippen LogP contribution is -2.35. The summed E-state index contributed by atoms with van der Waals surface area (Å²) in [5, 5.41) is 20.0. The van der Waals surface area contributed by atoms with E-state index < -0.39 is 11.9 Å². The lowest BCUT2D eigenvalue weighted by Gasteiger charge is -2.27. The number of anilines is 1. The third-order valence-electron chi connectivity index (χ3n) is 5.32. The number of carboxylic acids is 2. The Kier molecular flexibility index (Phi) is 8.45. The van der Waals surface area contributed by atoms with Gasteiger partial charge in [-0.05, 0) is 37.5 Å². The van der Waals surface area contributed by atoms with Crippen LogP contribution in [0.25, 0.3) is 10.9 Å². The zero-order valence-corrected chi connectivity index (χ0v) is 18.6. The van der Waals surface area contributed by atoms with E-state index in [1.165, 1.54) is 0 Å². The highest BCUT2D eigenvalue weighted by Gasteiger charge is 2.20. The maximum atomic E-state index is 12.5. The quantitative estimate of drug-likeness (QED) is 0.476. The van der Waals surface area contributed by atoms with Crippen LogP contribution in [0.15, 0.2) is 29.1 Å². The molecule has 1 aromatic heterocycles. The molecule has 1 aromatic carbocycles. The molecule has 2 aliphatic rings. The van der Waals surface area contributed by atoms with Crippen LogP contribution >= 0.6 is 0 Å². The minimum Gasteiger partial charge on any atom is -0.493 e. The minimum absolute atomic E-state index is 0.0145. The number of ether oxygens (including phenoxy) is 2. The number of carboxylic acid groups (broad SMARTS) is 2. The number of fused-ring (bicyclic) bond motifs is 3. The fourth-order valence-corrected chi connectivity index (χ4v) is 3.92. The first-order valence-electron chi connectivity index (χ1n) is 10.9. The van der Waals surface area contributed by atoms with Crippen LogP contribution in [0.2, 0.25) is 0 Å². The van der Waals surface area contributed by atoms with Crippen LogP contribution in [0, 0.1) is 0 Å². The number of morpholine rings is 1. The second-order valence-corrected chi connectivity index (χ2v) is 7.69. The highest BCUT2D eigenvalue weighted by molar-refractivity contribution is 5.98. The number of H-pyrrole nitrogens is 1. The van der Waals surface area contributed by atoms with Crippen LogP contribution in [0.3, 0.4) is 0 Å². The molecule has 2 aromatic rings. The van der Waals surface area contributed by atoms with Gasteiger partial charge in [-0.15, -0.1) is 0 Å². The van der Waals surface area contributed by atoms with Gasteiger partial charge in [-0.3, -0.25) is 9.69 Å². The number of hydrogen-bond donors (Lipinski definition) is 4. The fourth-order valence-electron chi connectivity index (χ4n) is 3.92. The number of carbonyl (C=O) groups is 2. The number of nitrogens with zero attached hydrogens (tertiary/aromatic N) is 1. The first-order chi connectivity index (χ1) is 15.9. The predicted octanol–water partition coefficient (Wildman–Crippen LogP) is 1.83. The molecule has 0 aliphatic carbocycles. The van der Waals surface area contributed by atoms with Crippen LogP contribution in [0.4, 0.5) is 5.69 Å². The van der Waals surface area contributed by atoms with Crippen molar-refractivity contribution in [3.05, 3.63) is 45.8 Å². The van der Waals surface area contributed by atoms with Crippen molar-refractivity contribution in [1.29, 1.82) is 0 Å². The standard InChI is InChI=1S/C19H25N3O3.C4H4O4/c1-2-25-16-11-13(12-22-6-8-24-9-7-22)10-15-17(16)18-14(19(23)21-15)4-3-5-20-18;5-3(6)1-2-4(7)8/h10-11,20H,2-9,12H2,1H3,(H,21,23);1-2H,(H,5,6)(H,7,8). The van der Waals surface area contributed by atoms with E-state index >= 15 is 0 Å². The van der Waals surface area contributed by atoms with Gasteiger partial charge in [0.25, 0.3) is 5.56 Å². The van der Waals surface area contributed by atoms with Gasteiger partial charge in [0.1, 0.15) is 5.75 Å². The Hall–Kier alpha value is -3.37. The Bertz CT molecular complexity index is 1070. The van der Waals surface area contributed by atoms with Crippen molar-refractivity contribution < 1.29 is 29.3 Å². The third kappa shape index (κ3) is 6.56. The molecule has 33 heavy (non-hydrogen) atoms. The number of aromatic amines is 1. The van der Waals surface area contributed by atoms with Gasteiger partial charge in [0.05, 0.1) is 36.4 Å². The molecular weight excluding hydrogens is 430 g/mol. The molecule has 4 rings (SSSR count). The molecule has 4 N–H and O–H groups in total. The topological polar surface area (TPSA) is 141 Å². The van der Waals surface area contributed by atoms with Gasteiger partial charge in [-0.25, -0.2) is 9.59 Å². The normalized spacial score (nSPS) is 15.9. The van der Waals surface area contributed by atoms with Gasteiger partial charge in [0.15, 0.2) is 0 Å². The van der Waals surface area contributed by atoms with Crippen LogP contribution < -0.4 is 15.6 Å². The molecule has 3 heterocycles. The van der Waals surface area contributed by atoms with Crippen molar-refractivity contribution in [1.82, 2.24) is 9.88 Å². The Morgan fingerprint density at radius 1 is 1.18 bits per heavy atom. The van der Waals surface area contributed by atoms with E-state index in [1.807, 2.05) is 6.92 Å². The van der Waals surface area contributed by atoms with E-state index in [1.54, 1.807) is 0 Å². The molecule has 10 nitrogen and oxygen atoms in total. The van der Waals surface area contributed by atoms with E-state index in [2.05, 4.69) is 27.3 Å². The Labute approximate surface area is 190 Å². The van der Waals surface area contributed by atoms with Crippen LogP contribution in [-0.2, 0) is 27.3 Å². The molecular formula is C23H29N3O7. The lowest BCUT2D eigenvalue weighted by molar-refractivity contribution is -0.134. The summed E-state index contributed by atoms with van der Waals surface area (Å²) < 4.78 is 11.4. The number of benzene rings is 1. The number of aliphatic carboxylic acids is 2. The highest BCUT2D eigenvalue weighted by Crippen LogP contribution is 2.36. The van der Waals surface area contributed by atoms with E-state index in [4.69, 9.17) is 19.7 Å². The average molecular weight is 459 g/mol. The molecule has 0 amide bonds. The van der Waals surface area contributed by atoms with Gasteiger partial charge in [-0.2, -0.15) is 0 Å². The van der Waals surface area contributed by atoms with E-state index in [-0.39, 0.29) is 5.56 Å². The summed E-state index contributed by atoms with van der Waals surface area (Å²) in [6, 6.07) is 4.21. The molecule has 0 saturated carbocycles. The maximum Gasteiger partial charge on any atom is 0.328 e. The molecule has 10 heteroatoms. The first-order valence-corrected chi connectivity index (χ1v) is 10.9. The molecule has 0 spiro atoms. The second-order valence-electron chi connectivity index (χ2n) is 7.69. The Morgan fingerprint density at radius 2 is 1.88 bits per heavy atom. The monoisotopic (exact) mass is 459 g/mol. The predicted molar refractivity (Wildman–Crippen MR) is 123 cm³/mol. The van der Waals surface area contributed by atoms with Crippen LogP contribution in [0.1, 0.15) is 24.5 Å². The summed E-state index contributed by atoms with van der Waals surface area (Å²) in [6.07, 6.45) is 2.92. The van der Waals surface area contributed by atoms with Gasteiger partial charge in [-0.1, -0.05) is 0 Å². The first kappa shape index (κ1) is 24.3. The van der Waals surface area contributed by atoms with Crippen molar-refractivity contribution in [2.24, 2.45) is 0 Å². The molecule has 0 radical (unpaired) electrons. The molecule has 1 fully saturated rings. The van der Waals surface area contributed by atoms with Crippen molar-refractivity contribution >= 4 is 28.5 Å². The van der Waals surface area contributed by atoms with Gasteiger partial charge < -0.3 is 30.0 Å². The Balaban J connectivity index is 0.000000331. The number of hydrogen-bond acceptors (Lipinski definition) is 7. The van der Waals surface area contributed by atoms with Crippen molar-refractivity contribution in [3.8, 4) is 5.75 Å². The van der Waals surface area contributed by atoms with E-state index in [0.717, 1.165) is 85.7 Å². The molecule has 0 bridgehead atoms. The summed E-state index contributed by atoms with van der Waals surface area (Å²) in [5.41, 5.74) is 3.82. The summed E-state index contributed by atoms with van der Waals surface area (Å²) in [7, 11) is 0. The summed E-state index contributed by atoms with van der Waals surface area (Å²) in [5.74, 6) is -1.66. The minimum atomic E-state index is -1.26. The van der Waals surface area contributed by atoms with Crippen molar-refractivity contribution in [2.45, 2.75) is 26.3 Å². The average Bonchev–Trinajstić information content (AvgIpc) is 2.79. The molecule has 0 atom stereocenters. The molecule has 0 unspecified atom stereocenters. The Morgan fingerprint density at radius 3 is 2.52 bits per heavy atom. The van der Waals surface area contributed by atoms with Crippen molar-refractivity contribution in [3.63, 3.8) is 0 Å². The zero-order valence-electron chi connectivity index (χ0n) is 18.6. The fraction of sp³-hybridized carbons (Fsp3) is 0.435. The van der Waals surface area contributed by atoms with Crippen LogP contribution in [0.5, 0.6) is 5.75 Å². The third-order valence-corrected chi connectivity index (χ3v) is 5.32. The zero-order chi connectivity index (χ0) is 23.8. The van der Waals surface area contributed by atoms with Gasteiger partial charge in [0.2, 0.25) is 0 Å². The van der Waals surface area contributed by atoms with E-state index in [0.29, 0.717) is 18.8 Å². The van der Waals surface area contributed by atoms with Gasteiger partial charge >= 0.3 is 11.9 Å². The largest absolute Gasteiger partial charge is 0.493 e. The summed E-state index contributed by atoms with van der Waals surface area (Å²) in [6.45, 7) is 7.75. The van der Waals surface area contributed by atoms with E-state index in [9.17, 15) is 14.4 Å². The molecule has 2 aliphatic heterocycles. The molecule has 178 valence electrons. The van der Waals surface area contributed by atoms with Crippen molar-refractivity contribution in [2.75, 3.05) is 44.8 Å². The summed E-state index contributed by atoms with van der Waals surface area (Å²) >= 11 is 0. The number of rotatable bonds is 6. The van der Waals surface area contributed by atoms with Crippen LogP contribution in [-0.4, -0.2) is 71.5 Å². The maximum absolute atomic E-state index is 12.5. The number of pyridine rings is 1. The lowest BCUT2D eigenvalue weighted by atomic mass is 9.99. The number of aromatic nitrogens is 1.